The zero-order valence-electron chi connectivity index (χ0n) is 22.9. The minimum atomic E-state index is 0.417. The summed E-state index contributed by atoms with van der Waals surface area (Å²) in [6.45, 7) is 0.417. The molecule has 0 saturated heterocycles. The molecule has 0 aliphatic rings. The predicted molar refractivity (Wildman–Crippen MR) is 166 cm³/mol. The number of nitrogens with zero attached hydrogens (tertiary/aromatic N) is 4. The Balaban J connectivity index is 1.06. The molecule has 0 spiro atoms. The number of benzene rings is 3. The quantitative estimate of drug-likeness (QED) is 0.188. The average Bonchev–Trinajstić information content (AvgIpc) is 3.07. The number of fused-ring (bicyclic) bond motifs is 3. The first-order valence-electron chi connectivity index (χ1n) is 13.7. The molecular formula is C36H26N4O2. The first-order chi connectivity index (χ1) is 20.7. The van der Waals surface area contributed by atoms with Gasteiger partial charge in [-0.05, 0) is 82.9 Å². The number of aromatic nitrogens is 4. The highest BCUT2D eigenvalue weighted by molar-refractivity contribution is 6.10. The Kier molecular flexibility index (Phi) is 6.70. The maximum absolute atomic E-state index is 6.09. The second-order valence-corrected chi connectivity index (χ2v) is 9.92. The van der Waals surface area contributed by atoms with Crippen molar-refractivity contribution in [2.24, 2.45) is 0 Å². The van der Waals surface area contributed by atoms with Crippen LogP contribution in [-0.2, 0) is 6.61 Å². The van der Waals surface area contributed by atoms with Crippen molar-refractivity contribution >= 4 is 21.8 Å². The molecule has 0 aliphatic heterocycles. The lowest BCUT2D eigenvalue weighted by molar-refractivity contribution is 0.306. The third-order valence-corrected chi connectivity index (χ3v) is 7.30. The molecule has 42 heavy (non-hydrogen) atoms. The van der Waals surface area contributed by atoms with E-state index in [0.29, 0.717) is 6.61 Å². The van der Waals surface area contributed by atoms with Crippen LogP contribution in [0.2, 0.25) is 0 Å². The van der Waals surface area contributed by atoms with Crippen LogP contribution in [0.25, 0.3) is 55.4 Å². The summed E-state index contributed by atoms with van der Waals surface area (Å²) < 4.78 is 11.4. The molecule has 0 saturated carbocycles. The van der Waals surface area contributed by atoms with E-state index in [1.54, 1.807) is 7.11 Å². The van der Waals surface area contributed by atoms with Gasteiger partial charge in [-0.1, -0.05) is 42.5 Å². The van der Waals surface area contributed by atoms with Crippen molar-refractivity contribution in [1.82, 2.24) is 19.9 Å². The molecule has 4 heterocycles. The van der Waals surface area contributed by atoms with Crippen LogP contribution in [0.15, 0.2) is 128 Å². The van der Waals surface area contributed by atoms with Crippen LogP contribution in [0.5, 0.6) is 11.5 Å². The SMILES string of the molecule is COc1ccc(-c2ccnc(-c3ccc(COc4ccc(-c5cc6cccnc6c6ncccc56)cc4)cn3)c2)cc1. The highest BCUT2D eigenvalue weighted by atomic mass is 16.5. The smallest absolute Gasteiger partial charge is 0.119 e. The monoisotopic (exact) mass is 546 g/mol. The summed E-state index contributed by atoms with van der Waals surface area (Å²) in [7, 11) is 1.67. The van der Waals surface area contributed by atoms with E-state index < -0.39 is 0 Å². The summed E-state index contributed by atoms with van der Waals surface area (Å²) in [5.74, 6) is 1.62. The van der Waals surface area contributed by atoms with Gasteiger partial charge in [0.25, 0.3) is 0 Å². The lowest BCUT2D eigenvalue weighted by atomic mass is 9.98. The van der Waals surface area contributed by atoms with Crippen molar-refractivity contribution in [2.45, 2.75) is 6.61 Å². The molecule has 0 bridgehead atoms. The third kappa shape index (κ3) is 5.02. The largest absolute Gasteiger partial charge is 0.497 e. The fourth-order valence-corrected chi connectivity index (χ4v) is 5.11. The molecule has 7 rings (SSSR count). The Labute approximate surface area is 243 Å². The van der Waals surface area contributed by atoms with Crippen molar-refractivity contribution in [3.8, 4) is 45.1 Å². The Morgan fingerprint density at radius 1 is 0.571 bits per heavy atom. The second kappa shape index (κ2) is 11.1. The number of hydrogen-bond acceptors (Lipinski definition) is 6. The topological polar surface area (TPSA) is 70.0 Å². The van der Waals surface area contributed by atoms with Crippen molar-refractivity contribution < 1.29 is 9.47 Å². The van der Waals surface area contributed by atoms with E-state index in [9.17, 15) is 0 Å². The average molecular weight is 547 g/mol. The molecule has 0 aliphatic carbocycles. The third-order valence-electron chi connectivity index (χ3n) is 7.30. The van der Waals surface area contributed by atoms with Gasteiger partial charge in [-0.2, -0.15) is 0 Å². The maximum Gasteiger partial charge on any atom is 0.119 e. The Hall–Kier alpha value is -5.62. The van der Waals surface area contributed by atoms with Crippen molar-refractivity contribution in [3.05, 3.63) is 133 Å². The van der Waals surface area contributed by atoms with Gasteiger partial charge in [-0.25, -0.2) is 0 Å². The van der Waals surface area contributed by atoms with Crippen LogP contribution < -0.4 is 9.47 Å². The normalized spacial score (nSPS) is 11.1. The van der Waals surface area contributed by atoms with Crippen molar-refractivity contribution in [3.63, 3.8) is 0 Å². The zero-order chi connectivity index (χ0) is 28.3. The summed E-state index contributed by atoms with van der Waals surface area (Å²) in [5.41, 5.74) is 8.82. The molecule has 7 aromatic rings. The Morgan fingerprint density at radius 3 is 2.12 bits per heavy atom. The molecule has 0 N–H and O–H groups in total. The molecule has 0 unspecified atom stereocenters. The van der Waals surface area contributed by atoms with Gasteiger partial charge in [0.2, 0.25) is 0 Å². The standard InChI is InChI=1S/C36H26N4O2/c1-41-29-11-7-25(8-12-29)27-16-19-37-34(21-27)33-15-6-24(22-40-33)23-42-30-13-9-26(10-14-30)32-20-28-4-2-17-38-35(28)36-31(32)5-3-18-39-36/h2-22H,23H2,1H3. The summed E-state index contributed by atoms with van der Waals surface area (Å²) >= 11 is 0. The lowest BCUT2D eigenvalue weighted by Gasteiger charge is -2.11. The van der Waals surface area contributed by atoms with E-state index in [-0.39, 0.29) is 0 Å². The highest BCUT2D eigenvalue weighted by Crippen LogP contribution is 2.34. The molecule has 0 fully saturated rings. The molecule has 4 aromatic heterocycles. The number of ether oxygens (including phenoxy) is 2. The number of rotatable bonds is 7. The van der Waals surface area contributed by atoms with Crippen LogP contribution >= 0.6 is 0 Å². The molecule has 202 valence electrons. The van der Waals surface area contributed by atoms with Crippen LogP contribution in [0.3, 0.4) is 0 Å². The Morgan fingerprint density at radius 2 is 1.33 bits per heavy atom. The first kappa shape index (κ1) is 25.4. The molecule has 0 amide bonds. The van der Waals surface area contributed by atoms with Gasteiger partial charge in [0.05, 0.1) is 29.5 Å². The van der Waals surface area contributed by atoms with Gasteiger partial charge in [0.15, 0.2) is 0 Å². The van der Waals surface area contributed by atoms with Crippen LogP contribution in [0.1, 0.15) is 5.56 Å². The minimum absolute atomic E-state index is 0.417. The summed E-state index contributed by atoms with van der Waals surface area (Å²) in [4.78, 5) is 18.4. The van der Waals surface area contributed by atoms with Crippen LogP contribution in [0.4, 0.5) is 0 Å². The summed E-state index contributed by atoms with van der Waals surface area (Å²) in [6.07, 6.45) is 7.28. The van der Waals surface area contributed by atoms with Gasteiger partial charge < -0.3 is 9.47 Å². The number of methoxy groups -OCH3 is 1. The van der Waals surface area contributed by atoms with E-state index >= 15 is 0 Å². The van der Waals surface area contributed by atoms with Crippen LogP contribution in [-0.4, -0.2) is 27.0 Å². The van der Waals surface area contributed by atoms with E-state index in [1.165, 1.54) is 0 Å². The zero-order valence-corrected chi connectivity index (χ0v) is 22.9. The highest BCUT2D eigenvalue weighted by Gasteiger charge is 2.11. The first-order valence-corrected chi connectivity index (χ1v) is 13.7. The van der Waals surface area contributed by atoms with Crippen LogP contribution in [0, 0.1) is 0 Å². The summed E-state index contributed by atoms with van der Waals surface area (Å²) in [6, 6.07) is 34.5. The number of hydrogen-bond donors (Lipinski definition) is 0. The molecule has 6 heteroatoms. The van der Waals surface area contributed by atoms with E-state index in [1.807, 2.05) is 97.6 Å². The Bertz CT molecular complexity index is 2010. The van der Waals surface area contributed by atoms with Crippen molar-refractivity contribution in [1.29, 1.82) is 0 Å². The molecular weight excluding hydrogens is 520 g/mol. The predicted octanol–water partition coefficient (Wildman–Crippen LogP) is 8.16. The molecule has 0 atom stereocenters. The van der Waals surface area contributed by atoms with E-state index in [0.717, 1.165) is 72.5 Å². The molecule has 3 aromatic carbocycles. The van der Waals surface area contributed by atoms with Gasteiger partial charge in [0, 0.05) is 41.1 Å². The van der Waals surface area contributed by atoms with Gasteiger partial charge in [-0.15, -0.1) is 0 Å². The fourth-order valence-electron chi connectivity index (χ4n) is 5.11. The fraction of sp³-hybridized carbons (Fsp3) is 0.0556. The second-order valence-electron chi connectivity index (χ2n) is 9.92. The maximum atomic E-state index is 6.09. The lowest BCUT2D eigenvalue weighted by Crippen LogP contribution is -1.97. The molecule has 6 nitrogen and oxygen atoms in total. The number of pyridine rings is 4. The van der Waals surface area contributed by atoms with Gasteiger partial charge in [0.1, 0.15) is 18.1 Å². The van der Waals surface area contributed by atoms with Gasteiger partial charge in [-0.3, -0.25) is 19.9 Å². The van der Waals surface area contributed by atoms with Crippen molar-refractivity contribution in [2.75, 3.05) is 7.11 Å². The van der Waals surface area contributed by atoms with E-state index in [2.05, 4.69) is 50.3 Å². The summed E-state index contributed by atoms with van der Waals surface area (Å²) in [5, 5.41) is 2.14. The van der Waals surface area contributed by atoms with E-state index in [4.69, 9.17) is 9.47 Å². The van der Waals surface area contributed by atoms with Gasteiger partial charge >= 0.3 is 0 Å². The minimum Gasteiger partial charge on any atom is -0.497 e. The molecule has 0 radical (unpaired) electrons.